The van der Waals surface area contributed by atoms with Crippen LogP contribution < -0.4 is 5.32 Å². The first-order valence-corrected chi connectivity index (χ1v) is 5.30. The van der Waals surface area contributed by atoms with E-state index in [9.17, 15) is 10.1 Å². The lowest BCUT2D eigenvalue weighted by molar-refractivity contribution is -0.402. The normalized spacial score (nSPS) is 16.4. The SMILES string of the molecule is CC(=Cc1ccc([N+](=O)[O-])o1)CNC1CC1. The topological polar surface area (TPSA) is 68.3 Å². The summed E-state index contributed by atoms with van der Waals surface area (Å²) in [5.41, 5.74) is 1.11. The molecule has 0 aromatic carbocycles. The first-order chi connectivity index (χ1) is 7.65. The highest BCUT2D eigenvalue weighted by Gasteiger charge is 2.19. The second-order valence-electron chi connectivity index (χ2n) is 4.08. The molecule has 1 aromatic heterocycles. The van der Waals surface area contributed by atoms with Crippen molar-refractivity contribution < 1.29 is 9.34 Å². The lowest BCUT2D eigenvalue weighted by Crippen LogP contribution is -2.18. The van der Waals surface area contributed by atoms with Crippen LogP contribution in [0.15, 0.2) is 22.1 Å². The van der Waals surface area contributed by atoms with Gasteiger partial charge in [-0.2, -0.15) is 0 Å². The maximum Gasteiger partial charge on any atom is 0.433 e. The largest absolute Gasteiger partial charge is 0.433 e. The van der Waals surface area contributed by atoms with Crippen molar-refractivity contribution in [3.05, 3.63) is 33.6 Å². The molecule has 5 heteroatoms. The van der Waals surface area contributed by atoms with Crippen LogP contribution >= 0.6 is 0 Å². The number of nitro groups is 1. The quantitative estimate of drug-likeness (QED) is 0.613. The van der Waals surface area contributed by atoms with Crippen LogP contribution in [0.25, 0.3) is 6.08 Å². The fourth-order valence-electron chi connectivity index (χ4n) is 1.40. The molecule has 1 aliphatic rings. The minimum absolute atomic E-state index is 0.214. The highest BCUT2D eigenvalue weighted by atomic mass is 16.6. The van der Waals surface area contributed by atoms with Gasteiger partial charge in [-0.15, -0.1) is 0 Å². The van der Waals surface area contributed by atoms with E-state index < -0.39 is 4.92 Å². The van der Waals surface area contributed by atoms with Crippen LogP contribution in [-0.4, -0.2) is 17.5 Å². The molecule has 0 saturated heterocycles. The van der Waals surface area contributed by atoms with Gasteiger partial charge in [0.2, 0.25) is 0 Å². The molecule has 16 heavy (non-hydrogen) atoms. The van der Waals surface area contributed by atoms with E-state index in [0.29, 0.717) is 11.8 Å². The van der Waals surface area contributed by atoms with Crippen molar-refractivity contribution in [3.63, 3.8) is 0 Å². The fourth-order valence-corrected chi connectivity index (χ4v) is 1.40. The molecule has 0 aliphatic heterocycles. The number of furan rings is 1. The Morgan fingerprint density at radius 2 is 2.44 bits per heavy atom. The molecule has 1 saturated carbocycles. The van der Waals surface area contributed by atoms with Crippen molar-refractivity contribution in [2.24, 2.45) is 0 Å². The van der Waals surface area contributed by atoms with Crippen molar-refractivity contribution in [2.45, 2.75) is 25.8 Å². The van der Waals surface area contributed by atoms with Crippen LogP contribution in [-0.2, 0) is 0 Å². The van der Waals surface area contributed by atoms with E-state index in [4.69, 9.17) is 4.42 Å². The van der Waals surface area contributed by atoms with Gasteiger partial charge in [0.1, 0.15) is 10.7 Å². The van der Waals surface area contributed by atoms with Crippen LogP contribution in [0.5, 0.6) is 0 Å². The Labute approximate surface area is 93.3 Å². The maximum atomic E-state index is 10.4. The Morgan fingerprint density at radius 1 is 1.69 bits per heavy atom. The van der Waals surface area contributed by atoms with Gasteiger partial charge in [0.05, 0.1) is 6.07 Å². The number of nitrogens with one attached hydrogen (secondary N) is 1. The second-order valence-corrected chi connectivity index (χ2v) is 4.08. The summed E-state index contributed by atoms with van der Waals surface area (Å²) >= 11 is 0. The molecule has 2 rings (SSSR count). The van der Waals surface area contributed by atoms with E-state index in [0.717, 1.165) is 12.1 Å². The van der Waals surface area contributed by atoms with Gasteiger partial charge in [0, 0.05) is 12.6 Å². The average molecular weight is 222 g/mol. The fraction of sp³-hybridized carbons (Fsp3) is 0.455. The Hall–Kier alpha value is -1.62. The Kier molecular flexibility index (Phi) is 3.05. The zero-order chi connectivity index (χ0) is 11.5. The lowest BCUT2D eigenvalue weighted by atomic mass is 10.2. The van der Waals surface area contributed by atoms with Crippen molar-refractivity contribution in [3.8, 4) is 0 Å². The van der Waals surface area contributed by atoms with Crippen molar-refractivity contribution in [2.75, 3.05) is 6.54 Å². The maximum absolute atomic E-state index is 10.4. The van der Waals surface area contributed by atoms with Crippen molar-refractivity contribution in [1.82, 2.24) is 5.32 Å². The third-order valence-corrected chi connectivity index (χ3v) is 2.43. The average Bonchev–Trinajstić information content (AvgIpc) is 2.95. The Morgan fingerprint density at radius 3 is 3.00 bits per heavy atom. The monoisotopic (exact) mass is 222 g/mol. The molecule has 1 heterocycles. The van der Waals surface area contributed by atoms with Gasteiger partial charge >= 0.3 is 5.88 Å². The minimum atomic E-state index is -0.533. The molecule has 0 amide bonds. The summed E-state index contributed by atoms with van der Waals surface area (Å²) in [5, 5.41) is 13.8. The van der Waals surface area contributed by atoms with Gasteiger partial charge in [-0.1, -0.05) is 5.57 Å². The molecule has 1 aliphatic carbocycles. The van der Waals surface area contributed by atoms with E-state index >= 15 is 0 Å². The van der Waals surface area contributed by atoms with Crippen LogP contribution in [0.1, 0.15) is 25.5 Å². The Bertz CT molecular complexity index is 419. The van der Waals surface area contributed by atoms with E-state index in [2.05, 4.69) is 5.32 Å². The molecule has 0 atom stereocenters. The number of hydrogen-bond acceptors (Lipinski definition) is 4. The van der Waals surface area contributed by atoms with Gasteiger partial charge < -0.3 is 9.73 Å². The molecule has 1 fully saturated rings. The van der Waals surface area contributed by atoms with Crippen LogP contribution in [0.2, 0.25) is 0 Å². The predicted molar refractivity (Wildman–Crippen MR) is 60.0 cm³/mol. The van der Waals surface area contributed by atoms with Crippen molar-refractivity contribution in [1.29, 1.82) is 0 Å². The van der Waals surface area contributed by atoms with Crippen LogP contribution in [0.4, 0.5) is 5.88 Å². The molecule has 0 unspecified atom stereocenters. The first-order valence-electron chi connectivity index (χ1n) is 5.30. The summed E-state index contributed by atoms with van der Waals surface area (Å²) in [6.07, 6.45) is 4.32. The molecular weight excluding hydrogens is 208 g/mol. The summed E-state index contributed by atoms with van der Waals surface area (Å²) in [4.78, 5) is 9.87. The van der Waals surface area contributed by atoms with Gasteiger partial charge in [-0.25, -0.2) is 0 Å². The highest BCUT2D eigenvalue weighted by molar-refractivity contribution is 5.48. The molecule has 0 bridgehead atoms. The third kappa shape index (κ3) is 2.93. The predicted octanol–water partition coefficient (Wildman–Crippen LogP) is 2.34. The molecule has 1 N–H and O–H groups in total. The number of nitrogens with zero attached hydrogens (tertiary/aromatic N) is 1. The molecule has 0 radical (unpaired) electrons. The summed E-state index contributed by atoms with van der Waals surface area (Å²) < 4.78 is 5.03. The minimum Gasteiger partial charge on any atom is -0.401 e. The van der Waals surface area contributed by atoms with E-state index in [1.54, 1.807) is 6.07 Å². The Balaban J connectivity index is 1.94. The highest BCUT2D eigenvalue weighted by Crippen LogP contribution is 2.20. The van der Waals surface area contributed by atoms with Gasteiger partial charge in [-0.3, -0.25) is 10.1 Å². The van der Waals surface area contributed by atoms with E-state index in [-0.39, 0.29) is 5.88 Å². The second kappa shape index (κ2) is 4.49. The van der Waals surface area contributed by atoms with E-state index in [1.165, 1.54) is 18.9 Å². The molecule has 5 nitrogen and oxygen atoms in total. The summed E-state index contributed by atoms with van der Waals surface area (Å²) in [6, 6.07) is 3.64. The summed E-state index contributed by atoms with van der Waals surface area (Å²) in [6.45, 7) is 2.78. The van der Waals surface area contributed by atoms with Gasteiger partial charge in [0.15, 0.2) is 0 Å². The molecular formula is C11H14N2O3. The first kappa shape index (κ1) is 10.9. The smallest absolute Gasteiger partial charge is 0.401 e. The summed E-state index contributed by atoms with van der Waals surface area (Å²) in [7, 11) is 0. The van der Waals surface area contributed by atoms with E-state index in [1.807, 2.05) is 13.0 Å². The zero-order valence-corrected chi connectivity index (χ0v) is 9.10. The van der Waals surface area contributed by atoms with Crippen molar-refractivity contribution >= 4 is 12.0 Å². The molecule has 86 valence electrons. The zero-order valence-electron chi connectivity index (χ0n) is 9.10. The lowest BCUT2D eigenvalue weighted by Gasteiger charge is -2.01. The molecule has 1 aromatic rings. The summed E-state index contributed by atoms with van der Waals surface area (Å²) in [5.74, 6) is 0.316. The van der Waals surface area contributed by atoms with Crippen LogP contribution in [0.3, 0.4) is 0 Å². The van der Waals surface area contributed by atoms with Crippen LogP contribution in [0, 0.1) is 10.1 Å². The number of rotatable bonds is 5. The third-order valence-electron chi connectivity index (χ3n) is 2.43. The van der Waals surface area contributed by atoms with Gasteiger partial charge in [-0.05, 0) is 31.9 Å². The standard InChI is InChI=1S/C11H14N2O3/c1-8(7-12-9-2-3-9)6-10-4-5-11(16-10)13(14)15/h4-6,9,12H,2-3,7H2,1H3. The molecule has 0 spiro atoms. The van der Waals surface area contributed by atoms with Gasteiger partial charge in [0.25, 0.3) is 0 Å². The number of hydrogen-bond donors (Lipinski definition) is 1.